The smallest absolute Gasteiger partial charge is 0.408 e. The molecular weight excluding hydrogens is 464 g/mol. The number of ether oxygens (including phenoxy) is 1. The predicted octanol–water partition coefficient (Wildman–Crippen LogP) is 6.79. The molecule has 0 bridgehead atoms. The summed E-state index contributed by atoms with van der Waals surface area (Å²) in [6, 6.07) is 20.4. The second kappa shape index (κ2) is 9.95. The molecule has 0 radical (unpaired) electrons. The molecule has 1 aliphatic rings. The second-order valence-electron chi connectivity index (χ2n) is 9.45. The molecule has 1 saturated carbocycles. The molecule has 35 heavy (non-hydrogen) atoms. The van der Waals surface area contributed by atoms with Crippen LogP contribution in [0.5, 0.6) is 0 Å². The maximum atomic E-state index is 12.4. The van der Waals surface area contributed by atoms with Gasteiger partial charge in [-0.2, -0.15) is 0 Å². The Bertz CT molecular complexity index is 1210. The zero-order valence-corrected chi connectivity index (χ0v) is 20.7. The number of nitrogens with one attached hydrogen (secondary N) is 2. The van der Waals surface area contributed by atoms with E-state index in [0.717, 1.165) is 29.7 Å². The number of rotatable bonds is 7. The minimum Gasteiger partial charge on any atom is -0.444 e. The van der Waals surface area contributed by atoms with E-state index in [1.807, 2.05) is 75.4 Å². The van der Waals surface area contributed by atoms with Gasteiger partial charge in [-0.05, 0) is 75.9 Å². The average Bonchev–Trinajstić information content (AvgIpc) is 2.76. The van der Waals surface area contributed by atoms with Crippen molar-refractivity contribution in [2.24, 2.45) is 0 Å². The van der Waals surface area contributed by atoms with E-state index in [4.69, 9.17) is 4.74 Å². The topological polar surface area (TPSA) is 106 Å². The molecule has 1 fully saturated rings. The molecule has 4 rings (SSSR count). The van der Waals surface area contributed by atoms with Gasteiger partial charge in [0.25, 0.3) is 0 Å². The maximum Gasteiger partial charge on any atom is 0.408 e. The third-order valence-electron chi connectivity index (χ3n) is 5.66. The second-order valence-corrected chi connectivity index (χ2v) is 10.5. The molecular formula is C26H28N4O4S. The molecule has 0 atom stereocenters. The summed E-state index contributed by atoms with van der Waals surface area (Å²) < 4.78 is 5.45. The number of benzene rings is 2. The van der Waals surface area contributed by atoms with Gasteiger partial charge in [0, 0.05) is 16.6 Å². The molecule has 1 heterocycles. The van der Waals surface area contributed by atoms with Crippen LogP contribution < -0.4 is 10.6 Å². The van der Waals surface area contributed by atoms with Crippen LogP contribution in [0.4, 0.5) is 22.0 Å². The molecule has 1 amide bonds. The summed E-state index contributed by atoms with van der Waals surface area (Å²) in [4.78, 5) is 29.0. The van der Waals surface area contributed by atoms with Crippen molar-refractivity contribution >= 4 is 35.0 Å². The minimum absolute atomic E-state index is 0.103. The number of nitro groups is 1. The lowest BCUT2D eigenvalue weighted by atomic mass is 9.72. The molecule has 2 aromatic carbocycles. The molecule has 1 aromatic heterocycles. The van der Waals surface area contributed by atoms with Crippen LogP contribution in [0.1, 0.15) is 45.6 Å². The van der Waals surface area contributed by atoms with Crippen molar-refractivity contribution in [1.82, 2.24) is 10.3 Å². The lowest BCUT2D eigenvalue weighted by molar-refractivity contribution is -0.384. The van der Waals surface area contributed by atoms with Gasteiger partial charge in [-0.1, -0.05) is 42.1 Å². The van der Waals surface area contributed by atoms with E-state index in [9.17, 15) is 14.9 Å². The highest BCUT2D eigenvalue weighted by Gasteiger charge is 2.41. The van der Waals surface area contributed by atoms with Gasteiger partial charge < -0.3 is 15.4 Å². The molecule has 0 aliphatic heterocycles. The Kier molecular flexibility index (Phi) is 6.98. The van der Waals surface area contributed by atoms with Crippen LogP contribution in [-0.4, -0.2) is 21.6 Å². The van der Waals surface area contributed by atoms with Gasteiger partial charge in [0.2, 0.25) is 5.82 Å². The third kappa shape index (κ3) is 6.10. The van der Waals surface area contributed by atoms with Crippen LogP contribution in [0.2, 0.25) is 0 Å². The molecule has 0 saturated heterocycles. The van der Waals surface area contributed by atoms with E-state index in [-0.39, 0.29) is 11.5 Å². The van der Waals surface area contributed by atoms with Crippen molar-refractivity contribution in [1.29, 1.82) is 0 Å². The molecule has 0 spiro atoms. The number of carbonyl (C=O) groups excluding carboxylic acids is 1. The summed E-state index contributed by atoms with van der Waals surface area (Å²) >= 11 is 1.43. The van der Waals surface area contributed by atoms with Crippen molar-refractivity contribution in [3.8, 4) is 0 Å². The number of hydrogen-bond acceptors (Lipinski definition) is 7. The lowest BCUT2D eigenvalue weighted by Crippen LogP contribution is -2.52. The molecule has 2 N–H and O–H groups in total. The van der Waals surface area contributed by atoms with Crippen LogP contribution in [0.3, 0.4) is 0 Å². The van der Waals surface area contributed by atoms with Crippen molar-refractivity contribution in [3.63, 3.8) is 0 Å². The van der Waals surface area contributed by atoms with Crippen LogP contribution >= 0.6 is 11.8 Å². The van der Waals surface area contributed by atoms with Gasteiger partial charge in [0.05, 0.1) is 10.5 Å². The summed E-state index contributed by atoms with van der Waals surface area (Å²) in [5.41, 5.74) is 0.498. The molecule has 1 aliphatic carbocycles. The predicted molar refractivity (Wildman–Crippen MR) is 136 cm³/mol. The Balaban J connectivity index is 1.52. The van der Waals surface area contributed by atoms with Gasteiger partial charge in [0.15, 0.2) is 0 Å². The summed E-state index contributed by atoms with van der Waals surface area (Å²) in [5.74, 6) is 0.175. The van der Waals surface area contributed by atoms with Gasteiger partial charge >= 0.3 is 11.8 Å². The molecule has 0 unspecified atom stereocenters. The number of anilines is 2. The van der Waals surface area contributed by atoms with Crippen molar-refractivity contribution in [2.75, 3.05) is 5.32 Å². The highest BCUT2D eigenvalue weighted by Crippen LogP contribution is 2.42. The summed E-state index contributed by atoms with van der Waals surface area (Å²) in [7, 11) is 0. The van der Waals surface area contributed by atoms with Crippen LogP contribution in [0.25, 0.3) is 0 Å². The Morgan fingerprint density at radius 2 is 1.74 bits per heavy atom. The fraction of sp³-hybridized carbons (Fsp3) is 0.308. The zero-order chi connectivity index (χ0) is 25.1. The number of aromatic nitrogens is 1. The van der Waals surface area contributed by atoms with E-state index in [1.54, 1.807) is 6.07 Å². The Morgan fingerprint density at radius 1 is 1.06 bits per heavy atom. The summed E-state index contributed by atoms with van der Waals surface area (Å²) in [5, 5.41) is 18.4. The van der Waals surface area contributed by atoms with E-state index >= 15 is 0 Å². The number of pyridine rings is 1. The molecule has 3 aromatic rings. The van der Waals surface area contributed by atoms with Crippen molar-refractivity contribution in [2.45, 2.75) is 61.1 Å². The SMILES string of the molecule is CC(C)(C)OC(=O)NC1(c2ccc(Nc3nc(Sc4ccccc4)ccc3[N+](=O)[O-])cc2)CCC1. The molecule has 182 valence electrons. The first kappa shape index (κ1) is 24.5. The lowest BCUT2D eigenvalue weighted by Gasteiger charge is -2.43. The Labute approximate surface area is 208 Å². The van der Waals surface area contributed by atoms with E-state index in [1.165, 1.54) is 17.8 Å². The molecule has 9 heteroatoms. The molecule has 8 nitrogen and oxygen atoms in total. The van der Waals surface area contributed by atoms with Gasteiger partial charge in [-0.25, -0.2) is 9.78 Å². The van der Waals surface area contributed by atoms with Crippen molar-refractivity contribution < 1.29 is 14.5 Å². The van der Waals surface area contributed by atoms with Gasteiger partial charge in [-0.3, -0.25) is 10.1 Å². The van der Waals surface area contributed by atoms with Gasteiger partial charge in [-0.15, -0.1) is 0 Å². The van der Waals surface area contributed by atoms with E-state index < -0.39 is 22.2 Å². The highest BCUT2D eigenvalue weighted by atomic mass is 32.2. The Hall–Kier alpha value is -3.59. The largest absolute Gasteiger partial charge is 0.444 e. The van der Waals surface area contributed by atoms with Crippen LogP contribution in [-0.2, 0) is 10.3 Å². The fourth-order valence-electron chi connectivity index (χ4n) is 3.86. The third-order valence-corrected chi connectivity index (χ3v) is 6.60. The number of alkyl carbamates (subject to hydrolysis) is 1. The van der Waals surface area contributed by atoms with Crippen LogP contribution in [0, 0.1) is 10.1 Å². The number of amides is 1. The van der Waals surface area contributed by atoms with E-state index in [0.29, 0.717) is 10.7 Å². The first-order valence-electron chi connectivity index (χ1n) is 11.4. The minimum atomic E-state index is -0.572. The van der Waals surface area contributed by atoms with Crippen molar-refractivity contribution in [3.05, 3.63) is 82.4 Å². The number of hydrogen-bond donors (Lipinski definition) is 2. The fourth-order valence-corrected chi connectivity index (χ4v) is 4.67. The monoisotopic (exact) mass is 492 g/mol. The summed E-state index contributed by atoms with van der Waals surface area (Å²) in [6.45, 7) is 5.50. The average molecular weight is 493 g/mol. The standard InChI is InChI=1S/C26H28N4O4S/c1-25(2,3)34-24(31)29-26(16-7-17-26)18-10-12-19(13-11-18)27-23-21(30(32)33)14-15-22(28-23)35-20-8-5-4-6-9-20/h4-6,8-15H,7,16-17H2,1-3H3,(H,27,28)(H,29,31). The quantitative estimate of drug-likeness (QED) is 0.276. The first-order valence-corrected chi connectivity index (χ1v) is 12.2. The van der Waals surface area contributed by atoms with Crippen LogP contribution in [0.15, 0.2) is 76.7 Å². The van der Waals surface area contributed by atoms with Gasteiger partial charge in [0.1, 0.15) is 10.6 Å². The number of carbonyl (C=O) groups is 1. The first-order chi connectivity index (χ1) is 16.6. The zero-order valence-electron chi connectivity index (χ0n) is 19.9. The highest BCUT2D eigenvalue weighted by molar-refractivity contribution is 7.99. The number of nitrogens with zero attached hydrogens (tertiary/aromatic N) is 2. The summed E-state index contributed by atoms with van der Waals surface area (Å²) in [6.07, 6.45) is 2.22. The van der Waals surface area contributed by atoms with E-state index in [2.05, 4.69) is 15.6 Å². The Morgan fingerprint density at radius 3 is 2.31 bits per heavy atom. The normalized spacial score (nSPS) is 14.5. The maximum absolute atomic E-state index is 12.4.